The molecule has 0 unspecified atom stereocenters. The number of hydrogen-bond acceptors (Lipinski definition) is 4. The fourth-order valence-electron chi connectivity index (χ4n) is 4.88. The summed E-state index contributed by atoms with van der Waals surface area (Å²) in [7, 11) is 1.56. The van der Waals surface area contributed by atoms with Crippen molar-refractivity contribution >= 4 is 5.97 Å². The van der Waals surface area contributed by atoms with Crippen molar-refractivity contribution in [2.45, 2.75) is 58.8 Å². The van der Waals surface area contributed by atoms with Gasteiger partial charge in [0.2, 0.25) is 6.29 Å². The molecule has 4 heteroatoms. The zero-order chi connectivity index (χ0) is 14.7. The number of aliphatic hydroxyl groups is 1. The summed E-state index contributed by atoms with van der Waals surface area (Å²) in [5.41, 5.74) is 1.43. The highest BCUT2D eigenvalue weighted by molar-refractivity contribution is 5.94. The Morgan fingerprint density at radius 1 is 1.30 bits per heavy atom. The third kappa shape index (κ3) is 1.70. The quantitative estimate of drug-likeness (QED) is 0.749. The Labute approximate surface area is 120 Å². The molecule has 0 amide bonds. The first kappa shape index (κ1) is 14.1. The van der Waals surface area contributed by atoms with E-state index in [0.717, 1.165) is 24.8 Å². The van der Waals surface area contributed by atoms with E-state index in [2.05, 4.69) is 20.8 Å². The number of methoxy groups -OCH3 is 1. The molecular formula is C16H24O4. The van der Waals surface area contributed by atoms with Gasteiger partial charge in [-0.3, -0.25) is 0 Å². The summed E-state index contributed by atoms with van der Waals surface area (Å²) in [5, 5.41) is 10.4. The van der Waals surface area contributed by atoms with Crippen LogP contribution in [-0.2, 0) is 14.3 Å². The fourth-order valence-corrected chi connectivity index (χ4v) is 4.88. The van der Waals surface area contributed by atoms with Crippen molar-refractivity contribution in [2.24, 2.45) is 16.7 Å². The van der Waals surface area contributed by atoms with E-state index in [9.17, 15) is 9.90 Å². The van der Waals surface area contributed by atoms with E-state index in [1.54, 1.807) is 7.11 Å². The van der Waals surface area contributed by atoms with Crippen LogP contribution in [0.15, 0.2) is 11.1 Å². The minimum absolute atomic E-state index is 0.108. The smallest absolute Gasteiger partial charge is 0.339 e. The first-order valence-corrected chi connectivity index (χ1v) is 7.47. The Balaban J connectivity index is 2.14. The first-order chi connectivity index (χ1) is 9.31. The number of aliphatic hydroxyl groups excluding tert-OH is 1. The van der Waals surface area contributed by atoms with Crippen LogP contribution in [0.5, 0.6) is 0 Å². The summed E-state index contributed by atoms with van der Waals surface area (Å²) in [6.45, 7) is 6.76. The van der Waals surface area contributed by atoms with Gasteiger partial charge in [-0.2, -0.15) is 0 Å². The second-order valence-corrected chi connectivity index (χ2v) is 7.36. The normalized spacial score (nSPS) is 43.0. The third-order valence-electron chi connectivity index (χ3n) is 5.81. The molecule has 2 aliphatic carbocycles. The number of carbonyl (C=O) groups is 1. The molecule has 0 aromatic carbocycles. The number of cyclic esters (lactones) is 1. The van der Waals surface area contributed by atoms with Gasteiger partial charge in [0.15, 0.2) is 0 Å². The molecule has 3 aliphatic rings. The van der Waals surface area contributed by atoms with E-state index >= 15 is 0 Å². The van der Waals surface area contributed by atoms with Crippen molar-refractivity contribution in [1.29, 1.82) is 0 Å². The fraction of sp³-hybridized carbons (Fsp3) is 0.812. The van der Waals surface area contributed by atoms with Crippen molar-refractivity contribution in [3.63, 3.8) is 0 Å². The minimum Gasteiger partial charge on any atom is -0.428 e. The Morgan fingerprint density at radius 2 is 2.00 bits per heavy atom. The van der Waals surface area contributed by atoms with Gasteiger partial charge < -0.3 is 14.6 Å². The second-order valence-electron chi connectivity index (χ2n) is 7.36. The van der Waals surface area contributed by atoms with Crippen LogP contribution >= 0.6 is 0 Å². The molecule has 0 spiro atoms. The Hall–Kier alpha value is -0.870. The maximum absolute atomic E-state index is 12.0. The number of fused-ring (bicyclic) bond motifs is 2. The van der Waals surface area contributed by atoms with Crippen molar-refractivity contribution in [2.75, 3.05) is 7.11 Å². The summed E-state index contributed by atoms with van der Waals surface area (Å²) in [5.74, 6) is -0.0490. The highest BCUT2D eigenvalue weighted by atomic mass is 16.7. The van der Waals surface area contributed by atoms with Gasteiger partial charge in [-0.1, -0.05) is 27.2 Å². The molecule has 4 nitrogen and oxygen atoms in total. The van der Waals surface area contributed by atoms with Crippen LogP contribution < -0.4 is 0 Å². The minimum atomic E-state index is -0.715. The zero-order valence-corrected chi connectivity index (χ0v) is 12.7. The summed E-state index contributed by atoms with van der Waals surface area (Å²) in [6.07, 6.45) is 2.64. The molecule has 20 heavy (non-hydrogen) atoms. The van der Waals surface area contributed by atoms with Gasteiger partial charge in [0, 0.05) is 12.7 Å². The lowest BCUT2D eigenvalue weighted by molar-refractivity contribution is -0.158. The maximum Gasteiger partial charge on any atom is 0.339 e. The van der Waals surface area contributed by atoms with Gasteiger partial charge in [0.25, 0.3) is 0 Å². The molecule has 1 N–H and O–H groups in total. The molecule has 0 radical (unpaired) electrons. The number of ether oxygens (including phenoxy) is 2. The number of hydrogen-bond donors (Lipinski definition) is 1. The predicted molar refractivity (Wildman–Crippen MR) is 73.8 cm³/mol. The predicted octanol–water partition coefficient (Wildman–Crippen LogP) is 2.41. The van der Waals surface area contributed by atoms with E-state index in [1.165, 1.54) is 0 Å². The van der Waals surface area contributed by atoms with Gasteiger partial charge in [-0.15, -0.1) is 0 Å². The summed E-state index contributed by atoms with van der Waals surface area (Å²) in [6, 6.07) is 0. The molecule has 0 bridgehead atoms. The average Bonchev–Trinajstić information content (AvgIpc) is 2.71. The van der Waals surface area contributed by atoms with Crippen LogP contribution in [0.3, 0.4) is 0 Å². The summed E-state index contributed by atoms with van der Waals surface area (Å²) < 4.78 is 10.7. The number of rotatable bonds is 1. The Bertz CT molecular complexity index is 479. The molecule has 1 heterocycles. The monoisotopic (exact) mass is 280 g/mol. The van der Waals surface area contributed by atoms with E-state index in [-0.39, 0.29) is 10.8 Å². The molecule has 1 fully saturated rings. The van der Waals surface area contributed by atoms with Gasteiger partial charge in [0.05, 0.1) is 11.7 Å². The first-order valence-electron chi connectivity index (χ1n) is 7.47. The lowest BCUT2D eigenvalue weighted by Gasteiger charge is -2.54. The van der Waals surface area contributed by atoms with Crippen molar-refractivity contribution in [3.8, 4) is 0 Å². The SMILES string of the molecule is CO[C@@H]1OC(=O)C2=C1[C@]1(C)CCCC(C)(C)[C@@H]1C[C@H]2O. The van der Waals surface area contributed by atoms with Crippen LogP contribution in [0.4, 0.5) is 0 Å². The van der Waals surface area contributed by atoms with Crippen LogP contribution in [0.2, 0.25) is 0 Å². The van der Waals surface area contributed by atoms with Crippen LogP contribution in [0.1, 0.15) is 46.5 Å². The van der Waals surface area contributed by atoms with Crippen LogP contribution in [0.25, 0.3) is 0 Å². The highest BCUT2D eigenvalue weighted by Gasteiger charge is 2.58. The van der Waals surface area contributed by atoms with Crippen LogP contribution in [0, 0.1) is 16.7 Å². The van der Waals surface area contributed by atoms with E-state index < -0.39 is 18.4 Å². The zero-order valence-electron chi connectivity index (χ0n) is 12.7. The molecular weight excluding hydrogens is 256 g/mol. The molecule has 0 aromatic rings. The molecule has 1 aliphatic heterocycles. The highest BCUT2D eigenvalue weighted by Crippen LogP contribution is 2.61. The largest absolute Gasteiger partial charge is 0.428 e. The molecule has 4 atom stereocenters. The summed E-state index contributed by atoms with van der Waals surface area (Å²) in [4.78, 5) is 12.0. The van der Waals surface area contributed by atoms with Gasteiger partial charge >= 0.3 is 5.97 Å². The third-order valence-corrected chi connectivity index (χ3v) is 5.81. The second kappa shape index (κ2) is 4.31. The lowest BCUT2D eigenvalue weighted by Crippen LogP contribution is -2.50. The Morgan fingerprint density at radius 3 is 2.65 bits per heavy atom. The molecule has 3 rings (SSSR count). The van der Waals surface area contributed by atoms with E-state index in [1.807, 2.05) is 0 Å². The van der Waals surface area contributed by atoms with Crippen molar-refractivity contribution in [3.05, 3.63) is 11.1 Å². The summed E-state index contributed by atoms with van der Waals surface area (Å²) >= 11 is 0. The van der Waals surface area contributed by atoms with Crippen LogP contribution in [-0.4, -0.2) is 30.6 Å². The molecule has 1 saturated carbocycles. The molecule has 112 valence electrons. The van der Waals surface area contributed by atoms with E-state index in [0.29, 0.717) is 17.9 Å². The topological polar surface area (TPSA) is 55.8 Å². The van der Waals surface area contributed by atoms with Crippen molar-refractivity contribution in [1.82, 2.24) is 0 Å². The van der Waals surface area contributed by atoms with E-state index in [4.69, 9.17) is 9.47 Å². The number of esters is 1. The van der Waals surface area contributed by atoms with Gasteiger partial charge in [-0.05, 0) is 36.0 Å². The Kier molecular flexibility index (Phi) is 3.04. The standard InChI is InChI=1S/C16H24O4/c1-15(2)6-5-7-16(3)10(15)8-9(17)11-12(16)14(19-4)20-13(11)18/h9-10,14,17H,5-8H2,1-4H3/t9-,10+,14-,16-/m1/s1. The lowest BCUT2D eigenvalue weighted by atomic mass is 9.50. The van der Waals surface area contributed by atoms with Gasteiger partial charge in [-0.25, -0.2) is 4.79 Å². The van der Waals surface area contributed by atoms with Crippen molar-refractivity contribution < 1.29 is 19.4 Å². The molecule has 0 aromatic heterocycles. The maximum atomic E-state index is 12.0. The van der Waals surface area contributed by atoms with Gasteiger partial charge in [0.1, 0.15) is 0 Å². The molecule has 0 saturated heterocycles. The number of carbonyl (C=O) groups excluding carboxylic acids is 1. The average molecular weight is 280 g/mol.